The standard InChI is InChI=1S/C17H26BrN/c1-15-9-5-6-10-16(15)19(2)14-17(13-18)11-7-3-4-8-12-17/h5-6,9-10H,3-4,7-8,11-14H2,1-2H3. The van der Waals surface area contributed by atoms with Crippen molar-refractivity contribution in [2.45, 2.75) is 45.4 Å². The normalized spacial score (nSPS) is 18.9. The Morgan fingerprint density at radius 1 is 1.11 bits per heavy atom. The maximum atomic E-state index is 3.80. The lowest BCUT2D eigenvalue weighted by atomic mass is 9.82. The van der Waals surface area contributed by atoms with Crippen molar-refractivity contribution in [2.24, 2.45) is 5.41 Å². The summed E-state index contributed by atoms with van der Waals surface area (Å²) in [4.78, 5) is 2.46. The van der Waals surface area contributed by atoms with Gasteiger partial charge in [-0.3, -0.25) is 0 Å². The molecule has 0 heterocycles. The summed E-state index contributed by atoms with van der Waals surface area (Å²) in [5.41, 5.74) is 3.23. The molecule has 1 saturated carbocycles. The number of aryl methyl sites for hydroxylation is 1. The summed E-state index contributed by atoms with van der Waals surface area (Å²) in [5, 5.41) is 1.14. The first kappa shape index (κ1) is 14.9. The molecule has 0 amide bonds. The fourth-order valence-corrected chi connectivity index (χ4v) is 4.13. The smallest absolute Gasteiger partial charge is 0.0393 e. The van der Waals surface area contributed by atoms with Crippen LogP contribution in [0.4, 0.5) is 5.69 Å². The van der Waals surface area contributed by atoms with Gasteiger partial charge in [-0.2, -0.15) is 0 Å². The minimum absolute atomic E-state index is 0.466. The van der Waals surface area contributed by atoms with E-state index in [1.165, 1.54) is 56.3 Å². The zero-order valence-electron chi connectivity index (χ0n) is 12.3. The van der Waals surface area contributed by atoms with Gasteiger partial charge in [-0.1, -0.05) is 59.8 Å². The number of para-hydroxylation sites is 1. The Balaban J connectivity index is 2.11. The van der Waals surface area contributed by atoms with Crippen molar-refractivity contribution in [3.63, 3.8) is 0 Å². The lowest BCUT2D eigenvalue weighted by molar-refractivity contribution is 0.295. The third kappa shape index (κ3) is 3.75. The highest BCUT2D eigenvalue weighted by Gasteiger charge is 2.31. The summed E-state index contributed by atoms with van der Waals surface area (Å²) < 4.78 is 0. The van der Waals surface area contributed by atoms with Gasteiger partial charge in [-0.15, -0.1) is 0 Å². The molecule has 0 radical (unpaired) electrons. The molecule has 1 aliphatic carbocycles. The van der Waals surface area contributed by atoms with Crippen LogP contribution in [0.1, 0.15) is 44.1 Å². The van der Waals surface area contributed by atoms with Gasteiger partial charge in [0.2, 0.25) is 0 Å². The molecule has 0 aromatic heterocycles. The van der Waals surface area contributed by atoms with E-state index < -0.39 is 0 Å². The van der Waals surface area contributed by atoms with Crippen molar-refractivity contribution in [3.05, 3.63) is 29.8 Å². The van der Waals surface area contributed by atoms with Crippen LogP contribution in [-0.2, 0) is 0 Å². The third-order valence-corrected chi connectivity index (χ3v) is 5.74. The molecule has 1 aromatic carbocycles. The van der Waals surface area contributed by atoms with Gasteiger partial charge in [0.05, 0.1) is 0 Å². The van der Waals surface area contributed by atoms with Gasteiger partial charge in [0.25, 0.3) is 0 Å². The molecule has 0 unspecified atom stereocenters. The van der Waals surface area contributed by atoms with Crippen LogP contribution >= 0.6 is 15.9 Å². The Morgan fingerprint density at radius 3 is 2.32 bits per heavy atom. The fraction of sp³-hybridized carbons (Fsp3) is 0.647. The van der Waals surface area contributed by atoms with Gasteiger partial charge in [-0.25, -0.2) is 0 Å². The number of hydrogen-bond donors (Lipinski definition) is 0. The van der Waals surface area contributed by atoms with Gasteiger partial charge in [0.15, 0.2) is 0 Å². The minimum atomic E-state index is 0.466. The highest BCUT2D eigenvalue weighted by Crippen LogP contribution is 2.38. The van der Waals surface area contributed by atoms with Crippen LogP contribution in [0.25, 0.3) is 0 Å². The van der Waals surface area contributed by atoms with Crippen LogP contribution in [0.3, 0.4) is 0 Å². The topological polar surface area (TPSA) is 3.24 Å². The SMILES string of the molecule is Cc1ccccc1N(C)CC1(CBr)CCCCCC1. The van der Waals surface area contributed by atoms with E-state index in [-0.39, 0.29) is 0 Å². The van der Waals surface area contributed by atoms with E-state index in [1.54, 1.807) is 0 Å². The zero-order valence-corrected chi connectivity index (χ0v) is 13.9. The molecule has 2 heteroatoms. The quantitative estimate of drug-likeness (QED) is 0.546. The predicted molar refractivity (Wildman–Crippen MR) is 88.4 cm³/mol. The highest BCUT2D eigenvalue weighted by molar-refractivity contribution is 9.09. The average molecular weight is 324 g/mol. The summed E-state index contributed by atoms with van der Waals surface area (Å²) >= 11 is 3.80. The molecule has 1 fully saturated rings. The summed E-state index contributed by atoms with van der Waals surface area (Å²) in [5.74, 6) is 0. The van der Waals surface area contributed by atoms with E-state index in [1.807, 2.05) is 0 Å². The lowest BCUT2D eigenvalue weighted by Crippen LogP contribution is -2.37. The Labute approximate surface area is 126 Å². The van der Waals surface area contributed by atoms with Gasteiger partial charge in [0, 0.05) is 24.6 Å². The van der Waals surface area contributed by atoms with Crippen molar-refractivity contribution in [2.75, 3.05) is 23.8 Å². The Hall–Kier alpha value is -0.500. The number of alkyl halides is 1. The summed E-state index contributed by atoms with van der Waals surface area (Å²) in [6, 6.07) is 8.72. The first-order valence-electron chi connectivity index (χ1n) is 7.50. The molecular weight excluding hydrogens is 298 g/mol. The summed E-state index contributed by atoms with van der Waals surface area (Å²) in [6.45, 7) is 3.38. The van der Waals surface area contributed by atoms with E-state index in [2.05, 4.69) is 59.1 Å². The van der Waals surface area contributed by atoms with Gasteiger partial charge < -0.3 is 4.90 Å². The second kappa shape index (κ2) is 6.78. The first-order valence-corrected chi connectivity index (χ1v) is 8.62. The Kier molecular flexibility index (Phi) is 5.32. The van der Waals surface area contributed by atoms with Crippen molar-refractivity contribution in [3.8, 4) is 0 Å². The van der Waals surface area contributed by atoms with Crippen LogP contribution in [0, 0.1) is 12.3 Å². The fourth-order valence-electron chi connectivity index (χ4n) is 3.39. The van der Waals surface area contributed by atoms with Crippen molar-refractivity contribution in [1.29, 1.82) is 0 Å². The second-order valence-electron chi connectivity index (χ2n) is 6.19. The number of halogens is 1. The molecular formula is C17H26BrN. The van der Waals surface area contributed by atoms with Gasteiger partial charge in [-0.05, 0) is 36.8 Å². The minimum Gasteiger partial charge on any atom is -0.374 e. The number of hydrogen-bond acceptors (Lipinski definition) is 1. The van der Waals surface area contributed by atoms with Crippen molar-refractivity contribution < 1.29 is 0 Å². The van der Waals surface area contributed by atoms with Crippen LogP contribution in [-0.4, -0.2) is 18.9 Å². The summed E-state index contributed by atoms with van der Waals surface area (Å²) in [6.07, 6.45) is 8.37. The maximum absolute atomic E-state index is 3.80. The average Bonchev–Trinajstić information content (AvgIpc) is 2.65. The Bertz CT molecular complexity index is 394. The second-order valence-corrected chi connectivity index (χ2v) is 6.75. The summed E-state index contributed by atoms with van der Waals surface area (Å²) in [7, 11) is 2.25. The molecule has 0 spiro atoms. The zero-order chi connectivity index (χ0) is 13.7. The van der Waals surface area contributed by atoms with E-state index in [9.17, 15) is 0 Å². The predicted octanol–water partition coefficient (Wildman–Crippen LogP) is 5.17. The van der Waals surface area contributed by atoms with Gasteiger partial charge >= 0.3 is 0 Å². The first-order chi connectivity index (χ1) is 9.17. The van der Waals surface area contributed by atoms with E-state index >= 15 is 0 Å². The molecule has 0 bridgehead atoms. The Morgan fingerprint density at radius 2 is 1.74 bits per heavy atom. The molecule has 106 valence electrons. The molecule has 0 atom stereocenters. The van der Waals surface area contributed by atoms with E-state index in [0.717, 1.165) is 5.33 Å². The molecule has 0 aliphatic heterocycles. The number of benzene rings is 1. The molecule has 0 saturated heterocycles. The maximum Gasteiger partial charge on any atom is 0.0393 e. The van der Waals surface area contributed by atoms with Crippen molar-refractivity contribution in [1.82, 2.24) is 0 Å². The van der Waals surface area contributed by atoms with Crippen LogP contribution in [0.2, 0.25) is 0 Å². The largest absolute Gasteiger partial charge is 0.374 e. The number of rotatable bonds is 4. The molecule has 1 aromatic rings. The highest BCUT2D eigenvalue weighted by atomic mass is 79.9. The van der Waals surface area contributed by atoms with Gasteiger partial charge in [0.1, 0.15) is 0 Å². The van der Waals surface area contributed by atoms with Crippen molar-refractivity contribution >= 4 is 21.6 Å². The van der Waals surface area contributed by atoms with Crippen LogP contribution < -0.4 is 4.90 Å². The molecule has 19 heavy (non-hydrogen) atoms. The number of anilines is 1. The lowest BCUT2D eigenvalue weighted by Gasteiger charge is -2.36. The van der Waals surface area contributed by atoms with E-state index in [4.69, 9.17) is 0 Å². The molecule has 0 N–H and O–H groups in total. The monoisotopic (exact) mass is 323 g/mol. The molecule has 1 aliphatic rings. The molecule has 1 nitrogen and oxygen atoms in total. The molecule has 2 rings (SSSR count). The third-order valence-electron chi connectivity index (χ3n) is 4.55. The van der Waals surface area contributed by atoms with Crippen LogP contribution in [0.5, 0.6) is 0 Å². The van der Waals surface area contributed by atoms with E-state index in [0.29, 0.717) is 5.41 Å². The number of nitrogens with zero attached hydrogens (tertiary/aromatic N) is 1. The van der Waals surface area contributed by atoms with Crippen LogP contribution in [0.15, 0.2) is 24.3 Å².